The topological polar surface area (TPSA) is 84.9 Å². The standard InChI is InChI=1S/C16H26N2O5S/c1-13(2)16(19)17-9-10-18(24(4,20)21)11-12-23-15-7-5-14(22-3)6-8-15/h5-8,13H,9-12H2,1-4H3,(H,17,19). The fourth-order valence-corrected chi connectivity index (χ4v) is 2.72. The molecule has 1 N–H and O–H groups in total. The van der Waals surface area contributed by atoms with Gasteiger partial charge in [-0.05, 0) is 24.3 Å². The van der Waals surface area contributed by atoms with Crippen molar-refractivity contribution in [1.82, 2.24) is 9.62 Å². The number of amides is 1. The minimum atomic E-state index is -3.37. The molecular weight excluding hydrogens is 332 g/mol. The van der Waals surface area contributed by atoms with Gasteiger partial charge in [0.2, 0.25) is 15.9 Å². The van der Waals surface area contributed by atoms with Crippen LogP contribution in [0.3, 0.4) is 0 Å². The van der Waals surface area contributed by atoms with E-state index in [1.165, 1.54) is 4.31 Å². The van der Waals surface area contributed by atoms with Crippen molar-refractivity contribution < 1.29 is 22.7 Å². The van der Waals surface area contributed by atoms with E-state index in [9.17, 15) is 13.2 Å². The molecule has 0 heterocycles. The molecule has 0 saturated carbocycles. The Morgan fingerprint density at radius 3 is 2.25 bits per heavy atom. The van der Waals surface area contributed by atoms with Gasteiger partial charge >= 0.3 is 0 Å². The summed E-state index contributed by atoms with van der Waals surface area (Å²) in [6, 6.07) is 7.05. The number of methoxy groups -OCH3 is 1. The van der Waals surface area contributed by atoms with E-state index in [0.717, 1.165) is 12.0 Å². The zero-order chi connectivity index (χ0) is 18.2. The Labute approximate surface area is 144 Å². The molecule has 0 saturated heterocycles. The van der Waals surface area contributed by atoms with E-state index in [1.807, 2.05) is 0 Å². The van der Waals surface area contributed by atoms with Crippen LogP contribution in [0.4, 0.5) is 0 Å². The zero-order valence-electron chi connectivity index (χ0n) is 14.6. The minimum absolute atomic E-state index is 0.0991. The number of benzene rings is 1. The Bertz CT molecular complexity index is 614. The lowest BCUT2D eigenvalue weighted by Crippen LogP contribution is -2.40. The molecule has 0 aromatic heterocycles. The van der Waals surface area contributed by atoms with Crippen LogP contribution in [0.2, 0.25) is 0 Å². The first-order valence-corrected chi connectivity index (χ1v) is 9.58. The van der Waals surface area contributed by atoms with Crippen LogP contribution in [0.15, 0.2) is 24.3 Å². The van der Waals surface area contributed by atoms with Crippen LogP contribution in [0.25, 0.3) is 0 Å². The summed E-state index contributed by atoms with van der Waals surface area (Å²) < 4.78 is 35.5. The highest BCUT2D eigenvalue weighted by Gasteiger charge is 2.17. The fraction of sp³-hybridized carbons (Fsp3) is 0.562. The minimum Gasteiger partial charge on any atom is -0.497 e. The summed E-state index contributed by atoms with van der Waals surface area (Å²) in [4.78, 5) is 11.5. The summed E-state index contributed by atoms with van der Waals surface area (Å²) >= 11 is 0. The van der Waals surface area contributed by atoms with Gasteiger partial charge in [0.05, 0.1) is 13.4 Å². The lowest BCUT2D eigenvalue weighted by molar-refractivity contribution is -0.123. The van der Waals surface area contributed by atoms with E-state index in [4.69, 9.17) is 9.47 Å². The number of nitrogens with one attached hydrogen (secondary N) is 1. The summed E-state index contributed by atoms with van der Waals surface area (Å²) in [6.45, 7) is 4.48. The van der Waals surface area contributed by atoms with Gasteiger partial charge < -0.3 is 14.8 Å². The molecule has 1 amide bonds. The van der Waals surface area contributed by atoms with Crippen LogP contribution < -0.4 is 14.8 Å². The van der Waals surface area contributed by atoms with Crippen molar-refractivity contribution >= 4 is 15.9 Å². The monoisotopic (exact) mass is 358 g/mol. The van der Waals surface area contributed by atoms with Crippen molar-refractivity contribution in [3.8, 4) is 11.5 Å². The lowest BCUT2D eigenvalue weighted by atomic mass is 10.2. The van der Waals surface area contributed by atoms with Gasteiger partial charge in [-0.3, -0.25) is 4.79 Å². The van der Waals surface area contributed by atoms with Crippen LogP contribution in [-0.4, -0.2) is 58.2 Å². The number of rotatable bonds is 10. The highest BCUT2D eigenvalue weighted by molar-refractivity contribution is 7.88. The first-order chi connectivity index (χ1) is 11.2. The Morgan fingerprint density at radius 2 is 1.75 bits per heavy atom. The van der Waals surface area contributed by atoms with Gasteiger partial charge in [-0.15, -0.1) is 0 Å². The molecule has 0 atom stereocenters. The van der Waals surface area contributed by atoms with Gasteiger partial charge in [0.1, 0.15) is 18.1 Å². The predicted molar refractivity (Wildman–Crippen MR) is 92.8 cm³/mol. The van der Waals surface area contributed by atoms with E-state index in [-0.39, 0.29) is 38.1 Å². The highest BCUT2D eigenvalue weighted by Crippen LogP contribution is 2.16. The molecule has 0 spiro atoms. The van der Waals surface area contributed by atoms with E-state index in [1.54, 1.807) is 45.2 Å². The second-order valence-corrected chi connectivity index (χ2v) is 7.61. The van der Waals surface area contributed by atoms with Gasteiger partial charge in [-0.25, -0.2) is 8.42 Å². The molecular formula is C16H26N2O5S. The maximum atomic E-state index is 11.8. The Kier molecular flexibility index (Phi) is 8.00. The van der Waals surface area contributed by atoms with Crippen LogP contribution in [0.1, 0.15) is 13.8 Å². The quantitative estimate of drug-likeness (QED) is 0.677. The van der Waals surface area contributed by atoms with Crippen molar-refractivity contribution in [2.75, 3.05) is 39.6 Å². The maximum absolute atomic E-state index is 11.8. The van der Waals surface area contributed by atoms with Gasteiger partial charge in [0.15, 0.2) is 0 Å². The van der Waals surface area contributed by atoms with Crippen LogP contribution >= 0.6 is 0 Å². The molecule has 136 valence electrons. The first kappa shape index (κ1) is 20.2. The summed E-state index contributed by atoms with van der Waals surface area (Å²) in [5, 5.41) is 2.71. The highest BCUT2D eigenvalue weighted by atomic mass is 32.2. The molecule has 0 fully saturated rings. The van der Waals surface area contributed by atoms with Crippen LogP contribution in [0, 0.1) is 5.92 Å². The number of ether oxygens (including phenoxy) is 2. The molecule has 0 aliphatic carbocycles. The van der Waals surface area contributed by atoms with Gasteiger partial charge in [0, 0.05) is 25.6 Å². The molecule has 8 heteroatoms. The summed E-state index contributed by atoms with van der Waals surface area (Å²) in [5.74, 6) is 1.13. The van der Waals surface area contributed by atoms with Gasteiger partial charge in [0.25, 0.3) is 0 Å². The summed E-state index contributed by atoms with van der Waals surface area (Å²) in [5.41, 5.74) is 0. The molecule has 1 rings (SSSR count). The third-order valence-corrected chi connectivity index (χ3v) is 4.63. The fourth-order valence-electron chi connectivity index (χ4n) is 1.89. The molecule has 0 unspecified atom stereocenters. The molecule has 0 aliphatic rings. The Hall–Kier alpha value is -1.80. The molecule has 1 aromatic rings. The SMILES string of the molecule is COc1ccc(OCCN(CCNC(=O)C(C)C)S(C)(=O)=O)cc1. The van der Waals surface area contributed by atoms with Gasteiger partial charge in [-0.1, -0.05) is 13.8 Å². The molecule has 1 aromatic carbocycles. The van der Waals surface area contributed by atoms with Crippen molar-refractivity contribution in [3.05, 3.63) is 24.3 Å². The second kappa shape index (κ2) is 9.48. The number of nitrogens with zero attached hydrogens (tertiary/aromatic N) is 1. The zero-order valence-corrected chi connectivity index (χ0v) is 15.4. The normalized spacial score (nSPS) is 11.6. The van der Waals surface area contributed by atoms with Crippen molar-refractivity contribution in [2.24, 2.45) is 5.92 Å². The molecule has 0 bridgehead atoms. The number of hydrogen-bond donors (Lipinski definition) is 1. The third-order valence-electron chi connectivity index (χ3n) is 3.32. The smallest absolute Gasteiger partial charge is 0.222 e. The van der Waals surface area contributed by atoms with Crippen molar-refractivity contribution in [2.45, 2.75) is 13.8 Å². The van der Waals surface area contributed by atoms with Crippen molar-refractivity contribution in [1.29, 1.82) is 0 Å². The summed E-state index contributed by atoms with van der Waals surface area (Å²) in [6.07, 6.45) is 1.14. The van der Waals surface area contributed by atoms with E-state index in [0.29, 0.717) is 5.75 Å². The average molecular weight is 358 g/mol. The lowest BCUT2D eigenvalue weighted by Gasteiger charge is -2.20. The molecule has 0 radical (unpaired) electrons. The van der Waals surface area contributed by atoms with E-state index < -0.39 is 10.0 Å². The number of carbonyl (C=O) groups is 1. The molecule has 7 nitrogen and oxygen atoms in total. The van der Waals surface area contributed by atoms with Crippen LogP contribution in [0.5, 0.6) is 11.5 Å². The van der Waals surface area contributed by atoms with E-state index in [2.05, 4.69) is 5.32 Å². The number of sulfonamides is 1. The largest absolute Gasteiger partial charge is 0.497 e. The third kappa shape index (κ3) is 7.18. The second-order valence-electron chi connectivity index (χ2n) is 5.63. The molecule has 0 aliphatic heterocycles. The molecule has 24 heavy (non-hydrogen) atoms. The Balaban J connectivity index is 2.47. The summed E-state index contributed by atoms with van der Waals surface area (Å²) in [7, 11) is -1.78. The predicted octanol–water partition coefficient (Wildman–Crippen LogP) is 1.11. The van der Waals surface area contributed by atoms with Gasteiger partial charge in [-0.2, -0.15) is 4.31 Å². The van der Waals surface area contributed by atoms with Crippen LogP contribution in [-0.2, 0) is 14.8 Å². The first-order valence-electron chi connectivity index (χ1n) is 7.73. The Morgan fingerprint density at radius 1 is 1.17 bits per heavy atom. The number of hydrogen-bond acceptors (Lipinski definition) is 5. The average Bonchev–Trinajstić information content (AvgIpc) is 2.52. The van der Waals surface area contributed by atoms with E-state index >= 15 is 0 Å². The van der Waals surface area contributed by atoms with Crippen molar-refractivity contribution in [3.63, 3.8) is 0 Å². The maximum Gasteiger partial charge on any atom is 0.222 e. The number of carbonyl (C=O) groups excluding carboxylic acids is 1.